The lowest BCUT2D eigenvalue weighted by molar-refractivity contribution is 0.185. The van der Waals surface area contributed by atoms with Gasteiger partial charge in [0.1, 0.15) is 0 Å². The summed E-state index contributed by atoms with van der Waals surface area (Å²) in [6, 6.07) is 0.654. The molecular formula is C15H34N2. The quantitative estimate of drug-likeness (QED) is 0.591. The van der Waals surface area contributed by atoms with Crippen LogP contribution in [0.1, 0.15) is 54.4 Å². The SMILES string of the molecule is CCC(C)CN(CC)C(C)CNCCC(C)C. The molecule has 0 aliphatic rings. The van der Waals surface area contributed by atoms with Gasteiger partial charge in [-0.25, -0.2) is 0 Å². The van der Waals surface area contributed by atoms with Gasteiger partial charge < -0.3 is 5.32 Å². The first-order chi connectivity index (χ1) is 8.01. The highest BCUT2D eigenvalue weighted by Crippen LogP contribution is 2.07. The highest BCUT2D eigenvalue weighted by atomic mass is 15.2. The van der Waals surface area contributed by atoms with E-state index in [-0.39, 0.29) is 0 Å². The number of rotatable bonds is 10. The van der Waals surface area contributed by atoms with E-state index in [4.69, 9.17) is 0 Å². The maximum Gasteiger partial charge on any atom is 0.0192 e. The summed E-state index contributed by atoms with van der Waals surface area (Å²) in [5, 5.41) is 3.58. The van der Waals surface area contributed by atoms with Gasteiger partial charge in [-0.05, 0) is 38.3 Å². The van der Waals surface area contributed by atoms with Gasteiger partial charge in [-0.3, -0.25) is 4.90 Å². The van der Waals surface area contributed by atoms with Crippen LogP contribution in [0.4, 0.5) is 0 Å². The van der Waals surface area contributed by atoms with Crippen molar-refractivity contribution in [2.75, 3.05) is 26.2 Å². The van der Waals surface area contributed by atoms with Crippen LogP contribution in [0.5, 0.6) is 0 Å². The van der Waals surface area contributed by atoms with Crippen molar-refractivity contribution in [3.63, 3.8) is 0 Å². The molecule has 0 bridgehead atoms. The molecule has 0 aromatic carbocycles. The third-order valence-electron chi connectivity index (χ3n) is 3.61. The molecule has 0 fully saturated rings. The van der Waals surface area contributed by atoms with Crippen LogP contribution in [-0.4, -0.2) is 37.1 Å². The molecule has 0 aromatic heterocycles. The van der Waals surface area contributed by atoms with Crippen molar-refractivity contribution in [1.29, 1.82) is 0 Å². The maximum atomic E-state index is 3.58. The first-order valence-corrected chi connectivity index (χ1v) is 7.45. The van der Waals surface area contributed by atoms with E-state index >= 15 is 0 Å². The Bertz CT molecular complexity index is 168. The molecule has 0 amide bonds. The van der Waals surface area contributed by atoms with E-state index in [2.05, 4.69) is 51.8 Å². The average Bonchev–Trinajstić information content (AvgIpc) is 2.30. The predicted molar refractivity (Wildman–Crippen MR) is 78.5 cm³/mol. The third-order valence-corrected chi connectivity index (χ3v) is 3.61. The zero-order valence-corrected chi connectivity index (χ0v) is 12.9. The Kier molecular flexibility index (Phi) is 9.85. The Morgan fingerprint density at radius 2 is 1.71 bits per heavy atom. The lowest BCUT2D eigenvalue weighted by atomic mass is 10.1. The second-order valence-electron chi connectivity index (χ2n) is 5.84. The van der Waals surface area contributed by atoms with Gasteiger partial charge >= 0.3 is 0 Å². The van der Waals surface area contributed by atoms with Crippen LogP contribution in [0, 0.1) is 11.8 Å². The van der Waals surface area contributed by atoms with Crippen LogP contribution in [0.25, 0.3) is 0 Å². The third kappa shape index (κ3) is 8.62. The smallest absolute Gasteiger partial charge is 0.0192 e. The summed E-state index contributed by atoms with van der Waals surface area (Å²) >= 11 is 0. The average molecular weight is 242 g/mol. The fourth-order valence-electron chi connectivity index (χ4n) is 1.98. The Morgan fingerprint density at radius 1 is 1.06 bits per heavy atom. The van der Waals surface area contributed by atoms with E-state index in [1.807, 2.05) is 0 Å². The normalized spacial score (nSPS) is 15.5. The highest BCUT2D eigenvalue weighted by Gasteiger charge is 2.13. The molecule has 0 spiro atoms. The summed E-state index contributed by atoms with van der Waals surface area (Å²) < 4.78 is 0. The Morgan fingerprint density at radius 3 is 2.18 bits per heavy atom. The zero-order chi connectivity index (χ0) is 13.3. The Balaban J connectivity index is 3.79. The molecule has 1 N–H and O–H groups in total. The Hall–Kier alpha value is -0.0800. The number of hydrogen-bond acceptors (Lipinski definition) is 2. The Labute approximate surface area is 109 Å². The molecule has 0 rings (SSSR count). The van der Waals surface area contributed by atoms with Crippen LogP contribution in [-0.2, 0) is 0 Å². The van der Waals surface area contributed by atoms with E-state index in [0.29, 0.717) is 6.04 Å². The molecule has 0 aliphatic heterocycles. The van der Waals surface area contributed by atoms with Crippen molar-refractivity contribution in [2.24, 2.45) is 11.8 Å². The lowest BCUT2D eigenvalue weighted by Crippen LogP contribution is -2.42. The van der Waals surface area contributed by atoms with Gasteiger partial charge in [0.25, 0.3) is 0 Å². The maximum absolute atomic E-state index is 3.58. The van der Waals surface area contributed by atoms with E-state index in [1.165, 1.54) is 19.4 Å². The van der Waals surface area contributed by atoms with Gasteiger partial charge in [-0.15, -0.1) is 0 Å². The van der Waals surface area contributed by atoms with E-state index in [1.54, 1.807) is 0 Å². The van der Waals surface area contributed by atoms with Gasteiger partial charge in [-0.2, -0.15) is 0 Å². The van der Waals surface area contributed by atoms with Crippen molar-refractivity contribution < 1.29 is 0 Å². The summed E-state index contributed by atoms with van der Waals surface area (Å²) in [4.78, 5) is 2.59. The van der Waals surface area contributed by atoms with Crippen LogP contribution < -0.4 is 5.32 Å². The zero-order valence-electron chi connectivity index (χ0n) is 12.9. The number of nitrogens with zero attached hydrogens (tertiary/aromatic N) is 1. The van der Waals surface area contributed by atoms with E-state index in [0.717, 1.165) is 31.5 Å². The highest BCUT2D eigenvalue weighted by molar-refractivity contribution is 4.70. The van der Waals surface area contributed by atoms with Crippen molar-refractivity contribution in [3.05, 3.63) is 0 Å². The minimum atomic E-state index is 0.654. The largest absolute Gasteiger partial charge is 0.315 e. The minimum Gasteiger partial charge on any atom is -0.315 e. The fraction of sp³-hybridized carbons (Fsp3) is 1.00. The summed E-state index contributed by atoms with van der Waals surface area (Å²) in [5.74, 6) is 1.62. The molecule has 2 nitrogen and oxygen atoms in total. The molecular weight excluding hydrogens is 208 g/mol. The van der Waals surface area contributed by atoms with Gasteiger partial charge in [0.15, 0.2) is 0 Å². The molecule has 2 unspecified atom stereocenters. The summed E-state index contributed by atoms with van der Waals surface area (Å²) in [6.07, 6.45) is 2.56. The second-order valence-corrected chi connectivity index (χ2v) is 5.84. The van der Waals surface area contributed by atoms with Crippen molar-refractivity contribution >= 4 is 0 Å². The monoisotopic (exact) mass is 242 g/mol. The van der Waals surface area contributed by atoms with Crippen LogP contribution >= 0.6 is 0 Å². The van der Waals surface area contributed by atoms with Crippen molar-refractivity contribution in [1.82, 2.24) is 10.2 Å². The van der Waals surface area contributed by atoms with Gasteiger partial charge in [-0.1, -0.05) is 41.0 Å². The number of likely N-dealkylation sites (N-methyl/N-ethyl adjacent to an activating group) is 1. The van der Waals surface area contributed by atoms with Crippen LogP contribution in [0.2, 0.25) is 0 Å². The summed E-state index contributed by atoms with van der Waals surface area (Å²) in [6.45, 7) is 18.5. The molecule has 17 heavy (non-hydrogen) atoms. The topological polar surface area (TPSA) is 15.3 Å². The molecule has 0 saturated carbocycles. The molecule has 0 aromatic rings. The van der Waals surface area contributed by atoms with E-state index in [9.17, 15) is 0 Å². The number of hydrogen-bond donors (Lipinski definition) is 1. The molecule has 0 saturated heterocycles. The molecule has 0 radical (unpaired) electrons. The summed E-state index contributed by atoms with van der Waals surface area (Å²) in [7, 11) is 0. The lowest BCUT2D eigenvalue weighted by Gasteiger charge is -2.30. The molecule has 0 heterocycles. The standard InChI is InChI=1S/C15H34N2/c1-7-14(5)12-17(8-2)15(6)11-16-10-9-13(3)4/h13-16H,7-12H2,1-6H3. The van der Waals surface area contributed by atoms with Gasteiger partial charge in [0.2, 0.25) is 0 Å². The van der Waals surface area contributed by atoms with Crippen molar-refractivity contribution in [2.45, 2.75) is 60.4 Å². The van der Waals surface area contributed by atoms with Crippen LogP contribution in [0.15, 0.2) is 0 Å². The molecule has 2 heteroatoms. The molecule has 2 atom stereocenters. The fourth-order valence-corrected chi connectivity index (χ4v) is 1.98. The molecule has 0 aliphatic carbocycles. The molecule has 104 valence electrons. The summed E-state index contributed by atoms with van der Waals surface area (Å²) in [5.41, 5.74) is 0. The minimum absolute atomic E-state index is 0.654. The first kappa shape index (κ1) is 16.9. The predicted octanol–water partition coefficient (Wildman–Crippen LogP) is 3.38. The van der Waals surface area contributed by atoms with Crippen molar-refractivity contribution in [3.8, 4) is 0 Å². The van der Waals surface area contributed by atoms with Gasteiger partial charge in [0.05, 0.1) is 0 Å². The number of nitrogens with one attached hydrogen (secondary N) is 1. The van der Waals surface area contributed by atoms with Crippen LogP contribution in [0.3, 0.4) is 0 Å². The second kappa shape index (κ2) is 9.90. The van der Waals surface area contributed by atoms with Gasteiger partial charge in [0, 0.05) is 19.1 Å². The first-order valence-electron chi connectivity index (χ1n) is 7.45. The van der Waals surface area contributed by atoms with E-state index < -0.39 is 0 Å².